The van der Waals surface area contributed by atoms with E-state index in [1.807, 2.05) is 0 Å². The fraction of sp³-hybridized carbons (Fsp3) is 0.222. The Morgan fingerprint density at radius 2 is 2.40 bits per heavy atom. The maximum atomic E-state index is 11.6. The molecule has 0 bridgehead atoms. The van der Waals surface area contributed by atoms with Gasteiger partial charge in [-0.2, -0.15) is 0 Å². The number of aromatic nitrogens is 2. The number of nitrogens with one attached hydrogen (secondary N) is 1. The fourth-order valence-corrected chi connectivity index (χ4v) is 1.01. The Balaban J connectivity index is 2.97. The first kappa shape index (κ1) is 10.8. The molecule has 0 aliphatic heterocycles. The molecule has 1 rings (SSSR count). The number of aromatic carboxylic acids is 1. The molecule has 1 aromatic heterocycles. The Hall–Kier alpha value is -2.29. The van der Waals surface area contributed by atoms with Crippen LogP contribution in [0.15, 0.2) is 6.33 Å². The van der Waals surface area contributed by atoms with Crippen molar-refractivity contribution in [1.82, 2.24) is 14.9 Å². The zero-order valence-electron chi connectivity index (χ0n) is 8.02. The minimum Gasteiger partial charge on any atom is -0.477 e. The molecule has 1 amide bonds. The Kier molecular flexibility index (Phi) is 3.08. The van der Waals surface area contributed by atoms with Crippen LogP contribution in [0.5, 0.6) is 0 Å². The van der Waals surface area contributed by atoms with Gasteiger partial charge in [0.1, 0.15) is 0 Å². The average molecular weight is 207 g/mol. The largest absolute Gasteiger partial charge is 0.477 e. The van der Waals surface area contributed by atoms with Crippen LogP contribution in [-0.4, -0.2) is 45.4 Å². The molecule has 2 N–H and O–H groups in total. The number of carboxylic acids is 1. The Morgan fingerprint density at radius 1 is 1.73 bits per heavy atom. The van der Waals surface area contributed by atoms with Crippen molar-refractivity contribution >= 4 is 11.9 Å². The number of carboxylic acid groups (broad SMARTS) is 1. The molecule has 0 fully saturated rings. The van der Waals surface area contributed by atoms with Gasteiger partial charge in [-0.1, -0.05) is 5.92 Å². The summed E-state index contributed by atoms with van der Waals surface area (Å²) < 4.78 is 0. The number of H-pyrrole nitrogens is 1. The van der Waals surface area contributed by atoms with Crippen LogP contribution < -0.4 is 0 Å². The standard InChI is InChI=1S/C9H9N3O3/c1-3-4-12(2)8(13)6-7(9(14)15)11-5-10-6/h1,5H,4H2,2H3,(H,10,11)(H,14,15). The molecule has 0 atom stereocenters. The lowest BCUT2D eigenvalue weighted by Crippen LogP contribution is -2.28. The molecule has 15 heavy (non-hydrogen) atoms. The maximum absolute atomic E-state index is 11.6. The topological polar surface area (TPSA) is 86.3 Å². The van der Waals surface area contributed by atoms with Crippen molar-refractivity contribution in [3.63, 3.8) is 0 Å². The number of imidazole rings is 1. The van der Waals surface area contributed by atoms with E-state index in [2.05, 4.69) is 15.9 Å². The van der Waals surface area contributed by atoms with Crippen molar-refractivity contribution in [2.24, 2.45) is 0 Å². The molecular weight excluding hydrogens is 198 g/mol. The van der Waals surface area contributed by atoms with Crippen molar-refractivity contribution in [3.05, 3.63) is 17.7 Å². The molecule has 0 aliphatic rings. The van der Waals surface area contributed by atoms with Crippen molar-refractivity contribution in [3.8, 4) is 12.3 Å². The number of hydrogen-bond donors (Lipinski definition) is 2. The van der Waals surface area contributed by atoms with Gasteiger partial charge >= 0.3 is 5.97 Å². The van der Waals surface area contributed by atoms with Gasteiger partial charge < -0.3 is 15.0 Å². The summed E-state index contributed by atoms with van der Waals surface area (Å²) in [6.45, 7) is 0.102. The predicted molar refractivity (Wildman–Crippen MR) is 51.3 cm³/mol. The molecule has 1 heterocycles. The molecule has 0 saturated heterocycles. The first-order valence-corrected chi connectivity index (χ1v) is 4.03. The highest BCUT2D eigenvalue weighted by molar-refractivity contribution is 6.02. The second-order valence-electron chi connectivity index (χ2n) is 2.80. The summed E-state index contributed by atoms with van der Waals surface area (Å²) in [5, 5.41) is 8.73. The summed E-state index contributed by atoms with van der Waals surface area (Å²) in [5.41, 5.74) is -0.371. The zero-order valence-corrected chi connectivity index (χ0v) is 8.02. The quantitative estimate of drug-likeness (QED) is 0.673. The van der Waals surface area contributed by atoms with Gasteiger partial charge in [-0.3, -0.25) is 4.79 Å². The first-order valence-electron chi connectivity index (χ1n) is 4.03. The summed E-state index contributed by atoms with van der Waals surface area (Å²) in [7, 11) is 1.47. The van der Waals surface area contributed by atoms with E-state index in [1.165, 1.54) is 11.9 Å². The lowest BCUT2D eigenvalue weighted by atomic mass is 10.3. The highest BCUT2D eigenvalue weighted by Gasteiger charge is 2.21. The van der Waals surface area contributed by atoms with E-state index < -0.39 is 11.9 Å². The van der Waals surface area contributed by atoms with Gasteiger partial charge in [0, 0.05) is 7.05 Å². The van der Waals surface area contributed by atoms with E-state index in [4.69, 9.17) is 11.5 Å². The monoisotopic (exact) mass is 207 g/mol. The molecule has 1 aromatic rings. The summed E-state index contributed by atoms with van der Waals surface area (Å²) in [4.78, 5) is 29.5. The summed E-state index contributed by atoms with van der Waals surface area (Å²) in [6, 6.07) is 0. The van der Waals surface area contributed by atoms with Gasteiger partial charge in [0.2, 0.25) is 0 Å². The van der Waals surface area contributed by atoms with Gasteiger partial charge in [0.15, 0.2) is 11.4 Å². The van der Waals surface area contributed by atoms with Crippen molar-refractivity contribution in [1.29, 1.82) is 0 Å². The second kappa shape index (κ2) is 4.28. The summed E-state index contributed by atoms with van der Waals surface area (Å²) >= 11 is 0. The molecular formula is C9H9N3O3. The van der Waals surface area contributed by atoms with Crippen LogP contribution in [0.25, 0.3) is 0 Å². The van der Waals surface area contributed by atoms with E-state index in [1.54, 1.807) is 0 Å². The number of amides is 1. The minimum atomic E-state index is -1.23. The number of carbonyl (C=O) groups is 2. The normalized spacial score (nSPS) is 9.33. The van der Waals surface area contributed by atoms with Gasteiger partial charge in [0.05, 0.1) is 12.9 Å². The van der Waals surface area contributed by atoms with Gasteiger partial charge in [-0.15, -0.1) is 6.42 Å². The lowest BCUT2D eigenvalue weighted by Gasteiger charge is -2.11. The molecule has 0 spiro atoms. The van der Waals surface area contributed by atoms with E-state index in [0.717, 1.165) is 6.33 Å². The highest BCUT2D eigenvalue weighted by atomic mass is 16.4. The Labute approximate surface area is 85.9 Å². The SMILES string of the molecule is C#CCN(C)C(=O)c1nc[nH]c1C(=O)O. The van der Waals surface area contributed by atoms with E-state index >= 15 is 0 Å². The predicted octanol–water partition coefficient (Wildman–Crippen LogP) is -0.187. The molecule has 6 nitrogen and oxygen atoms in total. The van der Waals surface area contributed by atoms with Crippen LogP contribution in [0, 0.1) is 12.3 Å². The summed E-state index contributed by atoms with van der Waals surface area (Å²) in [5.74, 6) is 0.526. The van der Waals surface area contributed by atoms with Crippen LogP contribution in [0.1, 0.15) is 21.0 Å². The average Bonchev–Trinajstić information content (AvgIpc) is 2.65. The van der Waals surface area contributed by atoms with Gasteiger partial charge in [-0.05, 0) is 0 Å². The van der Waals surface area contributed by atoms with Crippen LogP contribution in [0.3, 0.4) is 0 Å². The summed E-state index contributed by atoms with van der Waals surface area (Å²) in [6.07, 6.45) is 6.18. The Morgan fingerprint density at radius 3 is 2.93 bits per heavy atom. The van der Waals surface area contributed by atoms with Crippen molar-refractivity contribution in [2.45, 2.75) is 0 Å². The second-order valence-corrected chi connectivity index (χ2v) is 2.80. The highest BCUT2D eigenvalue weighted by Crippen LogP contribution is 2.05. The van der Waals surface area contributed by atoms with Crippen LogP contribution in [-0.2, 0) is 0 Å². The van der Waals surface area contributed by atoms with E-state index in [-0.39, 0.29) is 17.9 Å². The number of carbonyl (C=O) groups excluding carboxylic acids is 1. The third kappa shape index (κ3) is 2.14. The third-order valence-electron chi connectivity index (χ3n) is 1.73. The van der Waals surface area contributed by atoms with Gasteiger partial charge in [-0.25, -0.2) is 9.78 Å². The smallest absolute Gasteiger partial charge is 0.354 e. The first-order chi connectivity index (χ1) is 7.07. The van der Waals surface area contributed by atoms with E-state index in [0.29, 0.717) is 0 Å². The molecule has 78 valence electrons. The van der Waals surface area contributed by atoms with Crippen LogP contribution >= 0.6 is 0 Å². The molecule has 0 aliphatic carbocycles. The number of rotatable bonds is 3. The Bertz CT molecular complexity index is 430. The number of nitrogens with zero attached hydrogens (tertiary/aromatic N) is 2. The van der Waals surface area contributed by atoms with Crippen molar-refractivity contribution in [2.75, 3.05) is 13.6 Å². The number of hydrogen-bond acceptors (Lipinski definition) is 3. The van der Waals surface area contributed by atoms with Crippen LogP contribution in [0.4, 0.5) is 0 Å². The minimum absolute atomic E-state index is 0.102. The van der Waals surface area contributed by atoms with Gasteiger partial charge in [0.25, 0.3) is 5.91 Å². The fourth-order valence-electron chi connectivity index (χ4n) is 1.01. The number of aromatic amines is 1. The molecule has 0 saturated carbocycles. The molecule has 0 unspecified atom stereocenters. The van der Waals surface area contributed by atoms with E-state index in [9.17, 15) is 9.59 Å². The molecule has 0 aromatic carbocycles. The maximum Gasteiger partial charge on any atom is 0.354 e. The van der Waals surface area contributed by atoms with Crippen LogP contribution in [0.2, 0.25) is 0 Å². The molecule has 6 heteroatoms. The van der Waals surface area contributed by atoms with Crippen molar-refractivity contribution < 1.29 is 14.7 Å². The lowest BCUT2D eigenvalue weighted by molar-refractivity contribution is 0.0677. The number of terminal acetylenes is 1. The zero-order chi connectivity index (χ0) is 11.4. The third-order valence-corrected chi connectivity index (χ3v) is 1.73. The molecule has 0 radical (unpaired) electrons.